The number of nitrogens with zero attached hydrogens (tertiary/aromatic N) is 2. The first-order valence-corrected chi connectivity index (χ1v) is 5.41. The first kappa shape index (κ1) is 11.6. The molecule has 17 heavy (non-hydrogen) atoms. The van der Waals surface area contributed by atoms with Crippen molar-refractivity contribution >= 4 is 11.8 Å². The number of piperazine rings is 1. The van der Waals surface area contributed by atoms with Gasteiger partial charge in [0.2, 0.25) is 11.8 Å². The zero-order chi connectivity index (χ0) is 12.3. The molecular weight excluding hydrogens is 222 g/mol. The van der Waals surface area contributed by atoms with E-state index in [1.165, 1.54) is 0 Å². The highest BCUT2D eigenvalue weighted by Crippen LogP contribution is 1.94. The molecule has 1 aromatic rings. The van der Waals surface area contributed by atoms with Gasteiger partial charge < -0.3 is 15.2 Å². The van der Waals surface area contributed by atoms with Crippen molar-refractivity contribution in [3.8, 4) is 0 Å². The van der Waals surface area contributed by atoms with Crippen LogP contribution in [0.4, 0.5) is 0 Å². The van der Waals surface area contributed by atoms with Gasteiger partial charge in [0.1, 0.15) is 11.9 Å². The van der Waals surface area contributed by atoms with Crippen molar-refractivity contribution in [2.75, 3.05) is 13.1 Å². The summed E-state index contributed by atoms with van der Waals surface area (Å²) in [5.74, 6) is 0.573. The van der Waals surface area contributed by atoms with Crippen molar-refractivity contribution in [2.45, 2.75) is 12.6 Å². The highest BCUT2D eigenvalue weighted by Gasteiger charge is 2.23. The molecule has 0 saturated carbocycles. The second-order valence-corrected chi connectivity index (χ2v) is 3.91. The molecule has 0 aromatic carbocycles. The maximum atomic E-state index is 11.7. The summed E-state index contributed by atoms with van der Waals surface area (Å²) in [5.41, 5.74) is 0. The van der Waals surface area contributed by atoms with Crippen LogP contribution in [0.1, 0.15) is 5.82 Å². The highest BCUT2D eigenvalue weighted by molar-refractivity contribution is 5.86. The Bertz CT molecular complexity index is 418. The quantitative estimate of drug-likeness (QED) is 0.574. The fourth-order valence-corrected chi connectivity index (χ4v) is 1.61. The molecule has 1 aliphatic heterocycles. The Morgan fingerprint density at radius 1 is 1.71 bits per heavy atom. The van der Waals surface area contributed by atoms with Crippen molar-refractivity contribution in [3.05, 3.63) is 18.2 Å². The molecule has 1 aliphatic rings. The molecule has 1 saturated heterocycles. The van der Waals surface area contributed by atoms with Crippen molar-refractivity contribution in [1.82, 2.24) is 25.5 Å². The zero-order valence-corrected chi connectivity index (χ0v) is 9.56. The van der Waals surface area contributed by atoms with E-state index in [1.54, 1.807) is 6.20 Å². The number of carbonyl (C=O) groups excluding carboxylic acids is 2. The second-order valence-electron chi connectivity index (χ2n) is 3.91. The minimum atomic E-state index is -0.368. The Morgan fingerprint density at radius 3 is 3.12 bits per heavy atom. The molecule has 1 unspecified atom stereocenters. The molecule has 2 rings (SSSR count). The first-order valence-electron chi connectivity index (χ1n) is 5.41. The van der Waals surface area contributed by atoms with Gasteiger partial charge in [-0.3, -0.25) is 14.9 Å². The Hall–Kier alpha value is -1.89. The molecule has 0 bridgehead atoms. The topological polar surface area (TPSA) is 88.1 Å². The second kappa shape index (κ2) is 4.96. The van der Waals surface area contributed by atoms with Crippen LogP contribution in [0.3, 0.4) is 0 Å². The number of imidazole rings is 1. The van der Waals surface area contributed by atoms with Crippen molar-refractivity contribution in [1.29, 1.82) is 0 Å². The van der Waals surface area contributed by atoms with Gasteiger partial charge in [-0.05, 0) is 0 Å². The number of rotatable bonds is 3. The number of hydrogen-bond donors (Lipinski definition) is 3. The Balaban J connectivity index is 1.81. The van der Waals surface area contributed by atoms with Crippen LogP contribution in [0, 0.1) is 0 Å². The van der Waals surface area contributed by atoms with Gasteiger partial charge in [0.15, 0.2) is 0 Å². The number of amides is 2. The average molecular weight is 237 g/mol. The summed E-state index contributed by atoms with van der Waals surface area (Å²) in [6, 6.07) is -0.368. The summed E-state index contributed by atoms with van der Waals surface area (Å²) in [7, 11) is 1.87. The molecule has 0 spiro atoms. The molecule has 3 N–H and O–H groups in total. The lowest BCUT2D eigenvalue weighted by atomic mass is 10.2. The Labute approximate surface area is 98.6 Å². The number of aryl methyl sites for hydroxylation is 1. The highest BCUT2D eigenvalue weighted by atomic mass is 16.2. The smallest absolute Gasteiger partial charge is 0.239 e. The molecule has 1 aromatic heterocycles. The molecule has 7 nitrogen and oxygen atoms in total. The van der Waals surface area contributed by atoms with Crippen LogP contribution in [-0.4, -0.2) is 40.5 Å². The lowest BCUT2D eigenvalue weighted by molar-refractivity contribution is -0.126. The molecular formula is C10H15N5O2. The van der Waals surface area contributed by atoms with Gasteiger partial charge in [-0.2, -0.15) is 0 Å². The number of carbonyl (C=O) groups is 2. The molecule has 1 fully saturated rings. The summed E-state index contributed by atoms with van der Waals surface area (Å²) < 4.78 is 1.84. The number of hydrogen-bond acceptors (Lipinski definition) is 4. The van der Waals surface area contributed by atoms with Crippen molar-refractivity contribution in [3.63, 3.8) is 0 Å². The molecule has 2 amide bonds. The average Bonchev–Trinajstić information content (AvgIpc) is 2.73. The maximum Gasteiger partial charge on any atom is 0.239 e. The number of nitrogens with one attached hydrogen (secondary N) is 3. The largest absolute Gasteiger partial charge is 0.353 e. The summed E-state index contributed by atoms with van der Waals surface area (Å²) in [6.45, 7) is 0.889. The third-order valence-corrected chi connectivity index (χ3v) is 2.67. The van der Waals surface area contributed by atoms with Gasteiger partial charge in [0.05, 0.1) is 13.1 Å². The van der Waals surface area contributed by atoms with Crippen LogP contribution >= 0.6 is 0 Å². The zero-order valence-electron chi connectivity index (χ0n) is 9.56. The molecule has 2 heterocycles. The van der Waals surface area contributed by atoms with Gasteiger partial charge in [-0.15, -0.1) is 0 Å². The van der Waals surface area contributed by atoms with Gasteiger partial charge in [0.25, 0.3) is 0 Å². The lowest BCUT2D eigenvalue weighted by Gasteiger charge is -2.23. The van der Waals surface area contributed by atoms with E-state index in [0.29, 0.717) is 13.1 Å². The predicted molar refractivity (Wildman–Crippen MR) is 59.9 cm³/mol. The minimum Gasteiger partial charge on any atom is -0.353 e. The van der Waals surface area contributed by atoms with Gasteiger partial charge in [0, 0.05) is 26.0 Å². The summed E-state index contributed by atoms with van der Waals surface area (Å²) in [6.07, 6.45) is 3.50. The third-order valence-electron chi connectivity index (χ3n) is 2.67. The van der Waals surface area contributed by atoms with Gasteiger partial charge in [-0.25, -0.2) is 4.98 Å². The molecule has 1 atom stereocenters. The van der Waals surface area contributed by atoms with Crippen molar-refractivity contribution < 1.29 is 9.59 Å². The van der Waals surface area contributed by atoms with Crippen LogP contribution in [-0.2, 0) is 23.2 Å². The standard InChI is InChI=1S/C10H15N5O2/c1-15-3-2-11-8(15)5-14-10(17)7-4-13-9(16)6-12-7/h2-3,7,12H,4-6H2,1H3,(H,13,16)(H,14,17). The van der Waals surface area contributed by atoms with E-state index in [4.69, 9.17) is 0 Å². The van der Waals surface area contributed by atoms with E-state index in [1.807, 2.05) is 17.8 Å². The minimum absolute atomic E-state index is 0.0850. The first-order chi connectivity index (χ1) is 8.16. The van der Waals surface area contributed by atoms with Crippen LogP contribution in [0.25, 0.3) is 0 Å². The predicted octanol–water partition coefficient (Wildman–Crippen LogP) is -1.88. The summed E-state index contributed by atoms with van der Waals surface area (Å²) in [5, 5.41) is 8.27. The lowest BCUT2D eigenvalue weighted by Crippen LogP contribution is -2.57. The van der Waals surface area contributed by atoms with E-state index in [2.05, 4.69) is 20.9 Å². The van der Waals surface area contributed by atoms with E-state index < -0.39 is 0 Å². The van der Waals surface area contributed by atoms with Crippen LogP contribution in [0.5, 0.6) is 0 Å². The molecule has 0 radical (unpaired) electrons. The van der Waals surface area contributed by atoms with Gasteiger partial charge in [-0.1, -0.05) is 0 Å². The van der Waals surface area contributed by atoms with Gasteiger partial charge >= 0.3 is 0 Å². The molecule has 7 heteroatoms. The fraction of sp³-hybridized carbons (Fsp3) is 0.500. The van der Waals surface area contributed by atoms with E-state index in [0.717, 1.165) is 5.82 Å². The SMILES string of the molecule is Cn1ccnc1CNC(=O)C1CNC(=O)CN1. The van der Waals surface area contributed by atoms with Crippen molar-refractivity contribution in [2.24, 2.45) is 7.05 Å². The summed E-state index contributed by atoms with van der Waals surface area (Å²) in [4.78, 5) is 26.8. The van der Waals surface area contributed by atoms with Crippen LogP contribution in [0.2, 0.25) is 0 Å². The Kier molecular flexibility index (Phi) is 3.38. The van der Waals surface area contributed by atoms with Crippen LogP contribution < -0.4 is 16.0 Å². The fourth-order valence-electron chi connectivity index (χ4n) is 1.61. The van der Waals surface area contributed by atoms with Crippen LogP contribution in [0.15, 0.2) is 12.4 Å². The molecule has 0 aliphatic carbocycles. The maximum absolute atomic E-state index is 11.7. The number of aromatic nitrogens is 2. The normalized spacial score (nSPS) is 19.8. The molecule has 92 valence electrons. The third kappa shape index (κ3) is 2.82. The van der Waals surface area contributed by atoms with E-state index >= 15 is 0 Å². The van der Waals surface area contributed by atoms with E-state index in [-0.39, 0.29) is 24.4 Å². The monoisotopic (exact) mass is 237 g/mol. The Morgan fingerprint density at radius 2 is 2.53 bits per heavy atom. The van der Waals surface area contributed by atoms with E-state index in [9.17, 15) is 9.59 Å². The summed E-state index contributed by atoms with van der Waals surface area (Å²) >= 11 is 0.